The molecule has 0 amide bonds. The van der Waals surface area contributed by atoms with E-state index < -0.39 is 26.4 Å². The lowest BCUT2D eigenvalue weighted by Gasteiger charge is -2.42. The Morgan fingerprint density at radius 2 is 1.13 bits per heavy atom. The molecule has 0 N–H and O–H groups in total. The van der Waals surface area contributed by atoms with Crippen molar-refractivity contribution < 1.29 is 23.5 Å². The number of hydrogen-bond donors (Lipinski definition) is 0. The van der Waals surface area contributed by atoms with Crippen molar-refractivity contribution in [2.75, 3.05) is 13.2 Å². The smallest absolute Gasteiger partial charge is 0.338 e. The molecule has 4 aromatic rings. The first-order chi connectivity index (χ1) is 22.3. The van der Waals surface area contributed by atoms with Gasteiger partial charge in [0, 0.05) is 6.42 Å². The third-order valence-electron chi connectivity index (χ3n) is 7.52. The second-order valence-corrected chi connectivity index (χ2v) is 16.1. The van der Waals surface area contributed by atoms with E-state index in [-0.39, 0.29) is 11.6 Å². The Hall–Kier alpha value is -4.78. The second kappa shape index (κ2) is 17.1. The zero-order valence-electron chi connectivity index (χ0n) is 26.8. The van der Waals surface area contributed by atoms with Crippen LogP contribution < -0.4 is 10.4 Å². The summed E-state index contributed by atoms with van der Waals surface area (Å²) >= 11 is 0. The molecule has 1 atom stereocenters. The van der Waals surface area contributed by atoms with Gasteiger partial charge < -0.3 is 13.9 Å². The Morgan fingerprint density at radius 3 is 1.65 bits per heavy atom. The predicted octanol–water partition coefficient (Wildman–Crippen LogP) is 7.70. The lowest BCUT2D eigenvalue weighted by molar-refractivity contribution is 0.0284. The van der Waals surface area contributed by atoms with Crippen LogP contribution in [0.4, 0.5) is 0 Å². The molecule has 4 aromatic carbocycles. The number of benzene rings is 4. The van der Waals surface area contributed by atoms with Gasteiger partial charge in [0.05, 0.1) is 24.3 Å². The zero-order chi connectivity index (χ0) is 32.7. The van der Waals surface area contributed by atoms with Crippen LogP contribution in [0.1, 0.15) is 47.9 Å². The molecule has 236 valence electrons. The van der Waals surface area contributed by atoms with Crippen LogP contribution in [0.25, 0.3) is 0 Å². The van der Waals surface area contributed by atoms with Gasteiger partial charge in [-0.1, -0.05) is 148 Å². The minimum absolute atomic E-state index is 0.0935. The van der Waals surface area contributed by atoms with Gasteiger partial charge in [-0.15, -0.1) is 0 Å². The molecular formula is C40H42O5Si. The summed E-state index contributed by atoms with van der Waals surface area (Å²) in [5.74, 6) is -0.850. The molecule has 0 bridgehead atoms. The average molecular weight is 631 g/mol. The van der Waals surface area contributed by atoms with Gasteiger partial charge in [-0.25, -0.2) is 9.59 Å². The molecule has 0 saturated carbocycles. The minimum atomic E-state index is -2.60. The number of ether oxygens (including phenoxy) is 2. The fourth-order valence-corrected chi connectivity index (χ4v) is 9.79. The van der Waals surface area contributed by atoms with E-state index in [2.05, 4.69) is 69.3 Å². The summed E-state index contributed by atoms with van der Waals surface area (Å²) in [7, 11) is -2.60. The van der Waals surface area contributed by atoms with Crippen LogP contribution in [0.2, 0.25) is 5.04 Å². The van der Waals surface area contributed by atoms with Crippen LogP contribution in [0.5, 0.6) is 0 Å². The first-order valence-electron chi connectivity index (χ1n) is 15.5. The highest BCUT2D eigenvalue weighted by molar-refractivity contribution is 6.99. The third-order valence-corrected chi connectivity index (χ3v) is 12.5. The van der Waals surface area contributed by atoms with E-state index in [1.54, 1.807) is 54.6 Å². The normalized spacial score (nSPS) is 12.8. The Kier molecular flexibility index (Phi) is 12.6. The number of esters is 2. The van der Waals surface area contributed by atoms with Gasteiger partial charge in [-0.2, -0.15) is 0 Å². The highest BCUT2D eigenvalue weighted by Crippen LogP contribution is 2.36. The van der Waals surface area contributed by atoms with E-state index in [0.29, 0.717) is 24.2 Å². The minimum Gasteiger partial charge on any atom is -0.462 e. The molecule has 0 heterocycles. The average Bonchev–Trinajstić information content (AvgIpc) is 3.08. The van der Waals surface area contributed by atoms with Crippen molar-refractivity contribution in [2.24, 2.45) is 0 Å². The van der Waals surface area contributed by atoms with Gasteiger partial charge in [-0.3, -0.25) is 0 Å². The van der Waals surface area contributed by atoms with Crippen LogP contribution >= 0.6 is 0 Å². The van der Waals surface area contributed by atoms with Crippen molar-refractivity contribution in [3.8, 4) is 0 Å². The molecule has 0 unspecified atom stereocenters. The molecule has 46 heavy (non-hydrogen) atoms. The number of carbonyl (C=O) groups is 2. The van der Waals surface area contributed by atoms with Gasteiger partial charge in [0.2, 0.25) is 0 Å². The molecule has 5 nitrogen and oxygen atoms in total. The van der Waals surface area contributed by atoms with E-state index >= 15 is 0 Å². The van der Waals surface area contributed by atoms with E-state index in [4.69, 9.17) is 13.9 Å². The molecule has 4 rings (SSSR count). The van der Waals surface area contributed by atoms with Crippen molar-refractivity contribution in [2.45, 2.75) is 38.3 Å². The maximum atomic E-state index is 12.7. The summed E-state index contributed by atoms with van der Waals surface area (Å²) in [6, 6.07) is 38.8. The van der Waals surface area contributed by atoms with Crippen molar-refractivity contribution in [1.82, 2.24) is 0 Å². The van der Waals surface area contributed by atoms with E-state index in [1.165, 1.54) is 10.4 Å². The quantitative estimate of drug-likeness (QED) is 0.0812. The van der Waals surface area contributed by atoms with E-state index in [0.717, 1.165) is 0 Å². The van der Waals surface area contributed by atoms with E-state index in [9.17, 15) is 9.59 Å². The third kappa shape index (κ3) is 9.36. The Balaban J connectivity index is 1.39. The molecule has 0 aliphatic heterocycles. The van der Waals surface area contributed by atoms with Crippen LogP contribution in [0, 0.1) is 0 Å². The fourth-order valence-electron chi connectivity index (χ4n) is 5.28. The molecule has 0 aliphatic carbocycles. The molecule has 0 fully saturated rings. The Labute approximate surface area is 274 Å². The Morgan fingerprint density at radius 1 is 0.652 bits per heavy atom. The van der Waals surface area contributed by atoms with Gasteiger partial charge in [0.15, 0.2) is 0 Å². The van der Waals surface area contributed by atoms with Crippen molar-refractivity contribution >= 4 is 30.6 Å². The summed E-state index contributed by atoms with van der Waals surface area (Å²) in [4.78, 5) is 25.1. The van der Waals surface area contributed by atoms with Gasteiger partial charge in [0.25, 0.3) is 8.32 Å². The highest BCUT2D eigenvalue weighted by Gasteiger charge is 2.49. The maximum Gasteiger partial charge on any atom is 0.338 e. The van der Waals surface area contributed by atoms with Crippen LogP contribution in [-0.4, -0.2) is 39.6 Å². The van der Waals surface area contributed by atoms with Crippen molar-refractivity contribution in [1.29, 1.82) is 0 Å². The molecule has 6 heteroatoms. The van der Waals surface area contributed by atoms with Gasteiger partial charge >= 0.3 is 11.9 Å². The van der Waals surface area contributed by atoms with Crippen molar-refractivity contribution in [3.05, 3.63) is 169 Å². The summed E-state index contributed by atoms with van der Waals surface area (Å²) in [6.45, 7) is 7.35. The second-order valence-electron chi connectivity index (χ2n) is 11.8. The summed E-state index contributed by atoms with van der Waals surface area (Å²) in [5.41, 5.74) is 0.936. The summed E-state index contributed by atoms with van der Waals surface area (Å²) in [6.07, 6.45) is 11.1. The highest BCUT2D eigenvalue weighted by atomic mass is 28.4. The molecule has 0 aliphatic rings. The first kappa shape index (κ1) is 34.1. The standard InChI is InChI=1S/C40H42O5Si/c1-40(2,3)46(36-26-16-9-17-27-36,37-28-18-10-19-29-37)44-31-20-6-4-5-15-25-35(45-39(42)34-23-13-8-14-24-34)30-32-43-38(41)33-21-11-7-12-22-33/h4-29,35H,30-32H2,1-3H3/b5-4-,20-6+,25-15-/t35-/m0/s1. The molecule has 0 spiro atoms. The maximum absolute atomic E-state index is 12.7. The van der Waals surface area contributed by atoms with Crippen molar-refractivity contribution in [3.63, 3.8) is 0 Å². The Bertz CT molecular complexity index is 1550. The van der Waals surface area contributed by atoms with Crippen LogP contribution in [0.15, 0.2) is 158 Å². The fraction of sp³-hybridized carbons (Fsp3) is 0.200. The molecular weight excluding hydrogens is 589 g/mol. The lowest BCUT2D eigenvalue weighted by Crippen LogP contribution is -2.66. The lowest BCUT2D eigenvalue weighted by atomic mass is 10.2. The largest absolute Gasteiger partial charge is 0.462 e. The van der Waals surface area contributed by atoms with Crippen LogP contribution in [-0.2, 0) is 13.9 Å². The van der Waals surface area contributed by atoms with Crippen LogP contribution in [0.3, 0.4) is 0 Å². The van der Waals surface area contributed by atoms with Gasteiger partial charge in [-0.05, 0) is 45.8 Å². The summed E-state index contributed by atoms with van der Waals surface area (Å²) in [5, 5.41) is 2.39. The van der Waals surface area contributed by atoms with Gasteiger partial charge in [0.1, 0.15) is 6.10 Å². The summed E-state index contributed by atoms with van der Waals surface area (Å²) < 4.78 is 18.1. The van der Waals surface area contributed by atoms with E-state index in [1.807, 2.05) is 54.6 Å². The number of rotatable bonds is 14. The SMILES string of the molecule is CC(C)(C)[Si](OC/C=C/C=C\C=C/[C@@H](CCOC(=O)c1ccccc1)OC(=O)c1ccccc1)(c1ccccc1)c1ccccc1. The monoisotopic (exact) mass is 630 g/mol. The molecule has 0 aromatic heterocycles. The number of allylic oxidation sites excluding steroid dienone is 4. The first-order valence-corrected chi connectivity index (χ1v) is 17.5. The topological polar surface area (TPSA) is 61.8 Å². The molecule has 0 radical (unpaired) electrons. The zero-order valence-corrected chi connectivity index (χ0v) is 27.8. The number of carbonyl (C=O) groups excluding carboxylic acids is 2. The predicted molar refractivity (Wildman–Crippen MR) is 188 cm³/mol. The number of hydrogen-bond acceptors (Lipinski definition) is 5. The molecule has 0 saturated heterocycles.